The van der Waals surface area contributed by atoms with Gasteiger partial charge in [-0.1, -0.05) is 32.9 Å². The second kappa shape index (κ2) is 4.16. The molecule has 2 aromatic rings. The Bertz CT molecular complexity index is 574. The molecule has 0 radical (unpaired) electrons. The summed E-state index contributed by atoms with van der Waals surface area (Å²) in [5.41, 5.74) is 10.6. The summed E-state index contributed by atoms with van der Waals surface area (Å²) in [7, 11) is 0. The molecule has 18 heavy (non-hydrogen) atoms. The molecule has 2 N–H and O–H groups in total. The van der Waals surface area contributed by atoms with Gasteiger partial charge in [0.25, 0.3) is 0 Å². The van der Waals surface area contributed by atoms with Crippen LogP contribution >= 0.6 is 0 Å². The third-order valence-corrected chi connectivity index (χ3v) is 3.31. The summed E-state index contributed by atoms with van der Waals surface area (Å²) in [6.45, 7) is 10.6. The van der Waals surface area contributed by atoms with E-state index in [4.69, 9.17) is 5.73 Å². The molecular formula is C15H21N3. The van der Waals surface area contributed by atoms with Gasteiger partial charge < -0.3 is 5.73 Å². The maximum absolute atomic E-state index is 6.09. The fraction of sp³-hybridized carbons (Fsp3) is 0.400. The van der Waals surface area contributed by atoms with Crippen LogP contribution in [0.2, 0.25) is 0 Å². The van der Waals surface area contributed by atoms with Gasteiger partial charge in [0, 0.05) is 11.5 Å². The zero-order valence-corrected chi connectivity index (χ0v) is 11.8. The third-order valence-electron chi connectivity index (χ3n) is 3.31. The Hall–Kier alpha value is -1.77. The average molecular weight is 243 g/mol. The topological polar surface area (TPSA) is 43.8 Å². The number of nitrogens with two attached hydrogens (primary N) is 1. The van der Waals surface area contributed by atoms with E-state index in [2.05, 4.69) is 51.9 Å². The van der Waals surface area contributed by atoms with Crippen LogP contribution < -0.4 is 5.73 Å². The normalized spacial score (nSPS) is 11.8. The quantitative estimate of drug-likeness (QED) is 0.834. The van der Waals surface area contributed by atoms with Gasteiger partial charge in [0.15, 0.2) is 0 Å². The van der Waals surface area contributed by atoms with Crippen LogP contribution in [0.4, 0.5) is 5.82 Å². The van der Waals surface area contributed by atoms with Crippen LogP contribution in [-0.2, 0) is 5.41 Å². The predicted octanol–water partition coefficient (Wildman–Crippen LogP) is 3.37. The lowest BCUT2D eigenvalue weighted by Gasteiger charge is -2.14. The largest absolute Gasteiger partial charge is 0.384 e. The van der Waals surface area contributed by atoms with Crippen molar-refractivity contribution < 1.29 is 0 Å². The van der Waals surface area contributed by atoms with E-state index in [9.17, 15) is 0 Å². The molecule has 0 aliphatic rings. The fourth-order valence-corrected chi connectivity index (χ4v) is 1.92. The molecule has 0 unspecified atom stereocenters. The van der Waals surface area contributed by atoms with E-state index in [0.29, 0.717) is 5.82 Å². The van der Waals surface area contributed by atoms with Gasteiger partial charge in [-0.2, -0.15) is 5.10 Å². The molecule has 2 rings (SSSR count). The van der Waals surface area contributed by atoms with Gasteiger partial charge in [-0.25, -0.2) is 4.68 Å². The first kappa shape index (κ1) is 12.7. The summed E-state index contributed by atoms with van der Waals surface area (Å²) in [5.74, 6) is 0.689. The molecule has 1 aromatic carbocycles. The van der Waals surface area contributed by atoms with Crippen molar-refractivity contribution in [2.75, 3.05) is 5.73 Å². The Balaban J connectivity index is 2.58. The van der Waals surface area contributed by atoms with E-state index in [1.54, 1.807) is 0 Å². The van der Waals surface area contributed by atoms with Crippen LogP contribution in [0.5, 0.6) is 0 Å². The molecular weight excluding hydrogens is 222 g/mol. The third kappa shape index (κ3) is 2.13. The van der Waals surface area contributed by atoms with Gasteiger partial charge in [-0.05, 0) is 31.0 Å². The summed E-state index contributed by atoms with van der Waals surface area (Å²) in [5, 5.41) is 4.64. The number of aromatic nitrogens is 2. The first-order chi connectivity index (χ1) is 8.30. The highest BCUT2D eigenvalue weighted by Gasteiger charge is 2.20. The van der Waals surface area contributed by atoms with E-state index in [-0.39, 0.29) is 5.41 Å². The van der Waals surface area contributed by atoms with Gasteiger partial charge in [0.05, 0.1) is 11.4 Å². The molecule has 1 aromatic heterocycles. The lowest BCUT2D eigenvalue weighted by Crippen LogP contribution is -2.13. The number of hydrogen-bond acceptors (Lipinski definition) is 2. The fourth-order valence-electron chi connectivity index (χ4n) is 1.92. The summed E-state index contributed by atoms with van der Waals surface area (Å²) in [6.07, 6.45) is 0. The zero-order chi connectivity index (χ0) is 13.5. The van der Waals surface area contributed by atoms with Crippen LogP contribution in [-0.4, -0.2) is 9.78 Å². The van der Waals surface area contributed by atoms with Crippen molar-refractivity contribution in [3.63, 3.8) is 0 Å². The van der Waals surface area contributed by atoms with Crippen molar-refractivity contribution in [1.29, 1.82) is 0 Å². The van der Waals surface area contributed by atoms with Crippen LogP contribution in [0.15, 0.2) is 24.3 Å². The molecule has 0 fully saturated rings. The first-order valence-corrected chi connectivity index (χ1v) is 6.23. The van der Waals surface area contributed by atoms with Crippen molar-refractivity contribution in [3.8, 4) is 5.69 Å². The summed E-state index contributed by atoms with van der Waals surface area (Å²) in [6, 6.07) is 8.15. The Morgan fingerprint density at radius 1 is 1.17 bits per heavy atom. The molecule has 0 saturated heterocycles. The number of rotatable bonds is 1. The van der Waals surface area contributed by atoms with E-state index >= 15 is 0 Å². The molecule has 0 bridgehead atoms. The smallest absolute Gasteiger partial charge is 0.127 e. The minimum atomic E-state index is 0.0110. The molecule has 96 valence electrons. The Morgan fingerprint density at radius 3 is 2.39 bits per heavy atom. The highest BCUT2D eigenvalue weighted by Crippen LogP contribution is 2.26. The molecule has 1 heterocycles. The summed E-state index contributed by atoms with van der Waals surface area (Å²) < 4.78 is 1.84. The lowest BCUT2D eigenvalue weighted by molar-refractivity contribution is 0.560. The summed E-state index contributed by atoms with van der Waals surface area (Å²) in [4.78, 5) is 0. The Morgan fingerprint density at radius 2 is 1.83 bits per heavy atom. The predicted molar refractivity (Wildman–Crippen MR) is 76.2 cm³/mol. The minimum absolute atomic E-state index is 0.0110. The van der Waals surface area contributed by atoms with Crippen LogP contribution in [0.25, 0.3) is 5.69 Å². The van der Waals surface area contributed by atoms with E-state index in [0.717, 1.165) is 11.4 Å². The molecule has 0 amide bonds. The Labute approximate surface area is 109 Å². The monoisotopic (exact) mass is 243 g/mol. The molecule has 3 nitrogen and oxygen atoms in total. The zero-order valence-electron chi connectivity index (χ0n) is 11.8. The number of nitrogens with zero attached hydrogens (tertiary/aromatic N) is 2. The van der Waals surface area contributed by atoms with Crippen molar-refractivity contribution in [1.82, 2.24) is 9.78 Å². The molecule has 0 atom stereocenters. The molecule has 0 aliphatic heterocycles. The number of anilines is 1. The second-order valence-electron chi connectivity index (χ2n) is 5.84. The Kier molecular flexibility index (Phi) is 2.93. The number of nitrogen functional groups attached to an aromatic ring is 1. The van der Waals surface area contributed by atoms with Crippen molar-refractivity contribution >= 4 is 5.82 Å². The minimum Gasteiger partial charge on any atom is -0.384 e. The second-order valence-corrected chi connectivity index (χ2v) is 5.84. The molecule has 0 aliphatic carbocycles. The first-order valence-electron chi connectivity index (χ1n) is 6.23. The van der Waals surface area contributed by atoms with Crippen molar-refractivity contribution in [2.45, 2.75) is 40.0 Å². The maximum Gasteiger partial charge on any atom is 0.127 e. The highest BCUT2D eigenvalue weighted by molar-refractivity contribution is 5.50. The van der Waals surface area contributed by atoms with Gasteiger partial charge in [-0.15, -0.1) is 0 Å². The van der Waals surface area contributed by atoms with Crippen LogP contribution in [0, 0.1) is 13.8 Å². The molecule has 0 saturated carbocycles. The maximum atomic E-state index is 6.09. The SMILES string of the molecule is Cc1cccc(-n2nc(C(C)(C)C)cc2N)c1C. The van der Waals surface area contributed by atoms with Gasteiger partial charge in [0.2, 0.25) is 0 Å². The standard InChI is InChI=1S/C15H21N3/c1-10-7-6-8-12(11(10)2)18-14(16)9-13(17-18)15(3,4)5/h6-9H,16H2,1-5H3. The number of aryl methyl sites for hydroxylation is 1. The summed E-state index contributed by atoms with van der Waals surface area (Å²) >= 11 is 0. The van der Waals surface area contributed by atoms with Crippen molar-refractivity contribution in [2.24, 2.45) is 0 Å². The van der Waals surface area contributed by atoms with Crippen LogP contribution in [0.1, 0.15) is 37.6 Å². The number of hydrogen-bond donors (Lipinski definition) is 1. The number of benzene rings is 1. The molecule has 3 heteroatoms. The van der Waals surface area contributed by atoms with E-state index < -0.39 is 0 Å². The van der Waals surface area contributed by atoms with Gasteiger partial charge >= 0.3 is 0 Å². The van der Waals surface area contributed by atoms with Crippen molar-refractivity contribution in [3.05, 3.63) is 41.1 Å². The molecule has 0 spiro atoms. The lowest BCUT2D eigenvalue weighted by atomic mass is 9.92. The van der Waals surface area contributed by atoms with Gasteiger partial charge in [-0.3, -0.25) is 0 Å². The van der Waals surface area contributed by atoms with E-state index in [1.165, 1.54) is 11.1 Å². The average Bonchev–Trinajstić information content (AvgIpc) is 2.64. The van der Waals surface area contributed by atoms with Crippen LogP contribution in [0.3, 0.4) is 0 Å². The highest BCUT2D eigenvalue weighted by atomic mass is 15.3. The van der Waals surface area contributed by atoms with E-state index in [1.807, 2.05) is 16.8 Å². The van der Waals surface area contributed by atoms with Gasteiger partial charge in [0.1, 0.15) is 5.82 Å².